The molecule has 18 heavy (non-hydrogen) atoms. The Balaban J connectivity index is 2.36. The van der Waals surface area contributed by atoms with Crippen molar-refractivity contribution in [1.29, 1.82) is 0 Å². The van der Waals surface area contributed by atoms with Crippen molar-refractivity contribution in [3.05, 3.63) is 47.0 Å². The monoisotopic (exact) mass is 257 g/mol. The first kappa shape index (κ1) is 12.5. The van der Waals surface area contributed by atoms with Crippen LogP contribution in [-0.2, 0) is 4.79 Å². The Labute approximate surface area is 111 Å². The highest BCUT2D eigenvalue weighted by atomic mass is 35.5. The summed E-state index contributed by atoms with van der Waals surface area (Å²) >= 11 is 6.19. The van der Waals surface area contributed by atoms with Crippen LogP contribution in [0.1, 0.15) is 12.5 Å². The third kappa shape index (κ3) is 2.82. The molecule has 0 aliphatic heterocycles. The maximum Gasteiger partial charge on any atom is 0.217 e. The van der Waals surface area contributed by atoms with Gasteiger partial charge in [0.15, 0.2) is 0 Å². The summed E-state index contributed by atoms with van der Waals surface area (Å²) in [6.07, 6.45) is 0. The maximum absolute atomic E-state index is 10.7. The van der Waals surface area contributed by atoms with Crippen molar-refractivity contribution in [1.82, 2.24) is 5.32 Å². The molecular formula is C15H12ClNO. The van der Waals surface area contributed by atoms with Crippen molar-refractivity contribution in [2.45, 2.75) is 6.92 Å². The summed E-state index contributed by atoms with van der Waals surface area (Å²) in [6, 6.07) is 11.6. The summed E-state index contributed by atoms with van der Waals surface area (Å²) in [7, 11) is 0. The highest BCUT2D eigenvalue weighted by Crippen LogP contribution is 2.26. The van der Waals surface area contributed by atoms with Gasteiger partial charge in [-0.3, -0.25) is 4.79 Å². The van der Waals surface area contributed by atoms with Crippen LogP contribution in [0.25, 0.3) is 10.8 Å². The topological polar surface area (TPSA) is 29.1 Å². The van der Waals surface area contributed by atoms with Crippen molar-refractivity contribution in [2.75, 3.05) is 6.54 Å². The number of amides is 1. The number of hydrogen-bond acceptors (Lipinski definition) is 1. The standard InChI is InChI=1S/C15H12ClNO/c1-11(18)17-10-4-8-13-6-2-5-12-7-3-9-14(16)15(12)13/h2-3,5-7,9H,10H2,1H3,(H,17,18). The van der Waals surface area contributed by atoms with Crippen LogP contribution in [0.2, 0.25) is 5.02 Å². The summed E-state index contributed by atoms with van der Waals surface area (Å²) < 4.78 is 0. The van der Waals surface area contributed by atoms with Gasteiger partial charge in [-0.2, -0.15) is 0 Å². The van der Waals surface area contributed by atoms with Crippen LogP contribution in [0.15, 0.2) is 36.4 Å². The zero-order valence-electron chi connectivity index (χ0n) is 9.96. The van der Waals surface area contributed by atoms with Gasteiger partial charge in [-0.25, -0.2) is 0 Å². The molecule has 0 aliphatic rings. The summed E-state index contributed by atoms with van der Waals surface area (Å²) in [5.41, 5.74) is 0.878. The first-order valence-corrected chi connectivity index (χ1v) is 5.97. The molecule has 0 atom stereocenters. The molecular weight excluding hydrogens is 246 g/mol. The summed E-state index contributed by atoms with van der Waals surface area (Å²) in [6.45, 7) is 1.81. The molecule has 1 amide bonds. The van der Waals surface area contributed by atoms with Crippen molar-refractivity contribution in [3.63, 3.8) is 0 Å². The first-order chi connectivity index (χ1) is 8.68. The zero-order chi connectivity index (χ0) is 13.0. The van der Waals surface area contributed by atoms with Crippen LogP contribution in [-0.4, -0.2) is 12.5 Å². The third-order valence-electron chi connectivity index (χ3n) is 2.50. The molecule has 0 radical (unpaired) electrons. The summed E-state index contributed by atoms with van der Waals surface area (Å²) in [5, 5.41) is 5.34. The molecule has 0 fully saturated rings. The number of halogens is 1. The Bertz CT molecular complexity index is 647. The molecule has 0 unspecified atom stereocenters. The smallest absolute Gasteiger partial charge is 0.217 e. The quantitative estimate of drug-likeness (QED) is 0.782. The summed E-state index contributed by atoms with van der Waals surface area (Å²) in [4.78, 5) is 10.7. The second kappa shape index (κ2) is 5.57. The Hall–Kier alpha value is -1.98. The fraction of sp³-hybridized carbons (Fsp3) is 0.133. The molecule has 1 N–H and O–H groups in total. The SMILES string of the molecule is CC(=O)NCC#Cc1cccc2cccc(Cl)c12. The number of carbonyl (C=O) groups is 1. The fourth-order valence-corrected chi connectivity index (χ4v) is 1.99. The molecule has 0 aromatic heterocycles. The Kier molecular flexibility index (Phi) is 3.86. The lowest BCUT2D eigenvalue weighted by Gasteiger charge is -2.02. The van der Waals surface area contributed by atoms with Gasteiger partial charge in [0.2, 0.25) is 5.91 Å². The molecule has 2 nitrogen and oxygen atoms in total. The molecule has 0 spiro atoms. The number of hydrogen-bond donors (Lipinski definition) is 1. The minimum atomic E-state index is -0.0831. The van der Waals surface area contributed by atoms with E-state index in [1.165, 1.54) is 6.92 Å². The predicted octanol–water partition coefficient (Wildman–Crippen LogP) is 2.98. The summed E-state index contributed by atoms with van der Waals surface area (Å²) in [5.74, 6) is 5.86. The Morgan fingerprint density at radius 3 is 2.72 bits per heavy atom. The highest BCUT2D eigenvalue weighted by molar-refractivity contribution is 6.36. The van der Waals surface area contributed by atoms with Crippen LogP contribution in [0.4, 0.5) is 0 Å². The van der Waals surface area contributed by atoms with Crippen LogP contribution < -0.4 is 5.32 Å². The van der Waals surface area contributed by atoms with Gasteiger partial charge in [-0.15, -0.1) is 0 Å². The van der Waals surface area contributed by atoms with Gasteiger partial charge in [0, 0.05) is 22.9 Å². The van der Waals surface area contributed by atoms with Gasteiger partial charge >= 0.3 is 0 Å². The number of rotatable bonds is 1. The van der Waals surface area contributed by atoms with Gasteiger partial charge in [0.05, 0.1) is 6.54 Å². The van der Waals surface area contributed by atoms with Crippen LogP contribution in [0, 0.1) is 11.8 Å². The zero-order valence-corrected chi connectivity index (χ0v) is 10.7. The van der Waals surface area contributed by atoms with Crippen molar-refractivity contribution in [2.24, 2.45) is 0 Å². The van der Waals surface area contributed by atoms with Crippen molar-refractivity contribution >= 4 is 28.3 Å². The van der Waals surface area contributed by atoms with Gasteiger partial charge in [-0.1, -0.05) is 47.7 Å². The van der Waals surface area contributed by atoms with Crippen LogP contribution >= 0.6 is 11.6 Å². The van der Waals surface area contributed by atoms with E-state index < -0.39 is 0 Å². The average molecular weight is 258 g/mol. The second-order valence-corrected chi connectivity index (χ2v) is 4.26. The molecule has 0 heterocycles. The second-order valence-electron chi connectivity index (χ2n) is 3.86. The molecule has 2 aromatic rings. The largest absolute Gasteiger partial charge is 0.345 e. The molecule has 90 valence electrons. The molecule has 0 saturated heterocycles. The Morgan fingerprint density at radius 2 is 2.00 bits per heavy atom. The number of nitrogens with one attached hydrogen (secondary N) is 1. The molecule has 3 heteroatoms. The van der Waals surface area contributed by atoms with E-state index in [0.717, 1.165) is 16.3 Å². The average Bonchev–Trinajstić information content (AvgIpc) is 2.34. The number of carbonyl (C=O) groups excluding carboxylic acids is 1. The van der Waals surface area contributed by atoms with E-state index in [0.29, 0.717) is 11.6 Å². The normalized spacial score (nSPS) is 9.67. The van der Waals surface area contributed by atoms with E-state index in [9.17, 15) is 4.79 Å². The highest BCUT2D eigenvalue weighted by Gasteiger charge is 2.01. The van der Waals surface area contributed by atoms with Crippen LogP contribution in [0.5, 0.6) is 0 Å². The maximum atomic E-state index is 10.7. The fourth-order valence-electron chi connectivity index (χ4n) is 1.71. The Morgan fingerprint density at radius 1 is 1.28 bits per heavy atom. The molecule has 0 saturated carbocycles. The lowest BCUT2D eigenvalue weighted by molar-refractivity contribution is -0.118. The van der Waals surface area contributed by atoms with E-state index >= 15 is 0 Å². The van der Waals surface area contributed by atoms with E-state index in [1.54, 1.807) is 0 Å². The molecule has 2 rings (SSSR count). The molecule has 0 bridgehead atoms. The minimum Gasteiger partial charge on any atom is -0.345 e. The first-order valence-electron chi connectivity index (χ1n) is 5.59. The third-order valence-corrected chi connectivity index (χ3v) is 2.82. The van der Waals surface area contributed by atoms with Gasteiger partial charge in [-0.05, 0) is 17.5 Å². The van der Waals surface area contributed by atoms with Gasteiger partial charge < -0.3 is 5.32 Å². The minimum absolute atomic E-state index is 0.0831. The molecule has 0 aliphatic carbocycles. The predicted molar refractivity (Wildman–Crippen MR) is 74.5 cm³/mol. The van der Waals surface area contributed by atoms with Crippen LogP contribution in [0.3, 0.4) is 0 Å². The lowest BCUT2D eigenvalue weighted by atomic mass is 10.0. The lowest BCUT2D eigenvalue weighted by Crippen LogP contribution is -2.19. The van der Waals surface area contributed by atoms with Crippen molar-refractivity contribution < 1.29 is 4.79 Å². The van der Waals surface area contributed by atoms with E-state index in [-0.39, 0.29) is 5.91 Å². The van der Waals surface area contributed by atoms with Gasteiger partial charge in [0.1, 0.15) is 0 Å². The number of benzene rings is 2. The van der Waals surface area contributed by atoms with E-state index in [1.807, 2.05) is 36.4 Å². The molecule has 2 aromatic carbocycles. The van der Waals surface area contributed by atoms with E-state index in [4.69, 9.17) is 11.6 Å². The number of fused-ring (bicyclic) bond motifs is 1. The van der Waals surface area contributed by atoms with Crippen molar-refractivity contribution in [3.8, 4) is 11.8 Å². The van der Waals surface area contributed by atoms with Gasteiger partial charge in [0.25, 0.3) is 0 Å². The van der Waals surface area contributed by atoms with E-state index in [2.05, 4.69) is 17.2 Å².